The molecule has 4 N–H and O–H groups in total. The maximum absolute atomic E-state index is 10.9. The average molecular weight is 509 g/mol. The van der Waals surface area contributed by atoms with Crippen molar-refractivity contribution in [1.29, 1.82) is 0 Å². The average Bonchev–Trinajstić information content (AvgIpc) is 2.96. The van der Waals surface area contributed by atoms with Crippen molar-refractivity contribution in [1.82, 2.24) is 19.5 Å². The third-order valence-electron chi connectivity index (χ3n) is 4.25. The summed E-state index contributed by atoms with van der Waals surface area (Å²) >= 11 is 8.64. The Bertz CT molecular complexity index is 1150. The lowest BCUT2D eigenvalue weighted by Gasteiger charge is -2.10. The molecule has 0 aliphatic rings. The van der Waals surface area contributed by atoms with Crippen LogP contribution in [-0.4, -0.2) is 25.4 Å². The van der Waals surface area contributed by atoms with Crippen molar-refractivity contribution in [2.75, 3.05) is 5.73 Å². The van der Waals surface area contributed by atoms with E-state index in [1.165, 1.54) is 3.57 Å². The number of hydrogen-bond donors (Lipinski definition) is 2. The number of carbonyl (C=O) groups excluding carboxylic acids is 1. The first-order chi connectivity index (χ1) is 13.3. The Balaban J connectivity index is 2.08. The number of nitrogen functional groups attached to an aromatic ring is 1. The van der Waals surface area contributed by atoms with Gasteiger partial charge >= 0.3 is 0 Å². The Morgan fingerprint density at radius 3 is 2.82 bits per heavy atom. The van der Waals surface area contributed by atoms with E-state index in [-0.39, 0.29) is 23.4 Å². The molecule has 0 radical (unpaired) electrons. The minimum atomic E-state index is -0.388. The number of aromatic nitrogens is 4. The van der Waals surface area contributed by atoms with Gasteiger partial charge in [0.15, 0.2) is 0 Å². The number of rotatable bonds is 4. The molecule has 0 saturated heterocycles. The number of nitrogens with two attached hydrogens (primary N) is 2. The van der Waals surface area contributed by atoms with Crippen LogP contribution in [0, 0.1) is 29.3 Å². The van der Waals surface area contributed by atoms with E-state index in [9.17, 15) is 4.79 Å². The zero-order valence-electron chi connectivity index (χ0n) is 15.4. The third kappa shape index (κ3) is 4.20. The highest BCUT2D eigenvalue weighted by molar-refractivity contribution is 14.1. The van der Waals surface area contributed by atoms with Gasteiger partial charge in [0.2, 0.25) is 11.9 Å². The number of carbonyl (C=O) groups is 1. The molecule has 0 bridgehead atoms. The van der Waals surface area contributed by atoms with Crippen LogP contribution in [0.3, 0.4) is 0 Å². The lowest BCUT2D eigenvalue weighted by molar-refractivity contribution is -0.117. The monoisotopic (exact) mass is 508 g/mol. The summed E-state index contributed by atoms with van der Waals surface area (Å²) in [4.78, 5) is 23.9. The number of nitrogens with zero attached hydrogens (tertiary/aromatic N) is 4. The molecule has 0 fully saturated rings. The fourth-order valence-electron chi connectivity index (χ4n) is 2.79. The predicted octanol–water partition coefficient (Wildman–Crippen LogP) is 2.95. The summed E-state index contributed by atoms with van der Waals surface area (Å²) in [5.41, 5.74) is 15.4. The second-order valence-corrected chi connectivity index (χ2v) is 7.77. The molecular weight excluding hydrogens is 491 g/mol. The Morgan fingerprint density at radius 2 is 2.11 bits per heavy atom. The van der Waals surface area contributed by atoms with Crippen molar-refractivity contribution in [2.24, 2.45) is 5.73 Å². The van der Waals surface area contributed by atoms with E-state index in [1.54, 1.807) is 0 Å². The summed E-state index contributed by atoms with van der Waals surface area (Å²) < 4.78 is 3.09. The molecule has 28 heavy (non-hydrogen) atoms. The maximum atomic E-state index is 10.9. The van der Waals surface area contributed by atoms with Gasteiger partial charge in [-0.2, -0.15) is 4.98 Å². The Kier molecular flexibility index (Phi) is 6.05. The summed E-state index contributed by atoms with van der Waals surface area (Å²) in [6, 6.07) is 0. The third-order valence-corrected chi connectivity index (χ3v) is 6.18. The first-order valence-corrected chi connectivity index (χ1v) is 9.93. The van der Waals surface area contributed by atoms with Gasteiger partial charge in [-0.25, -0.2) is 4.98 Å². The molecule has 3 aromatic rings. The number of pyridine rings is 1. The van der Waals surface area contributed by atoms with E-state index in [1.807, 2.05) is 30.8 Å². The summed E-state index contributed by atoms with van der Waals surface area (Å²) in [6.07, 6.45) is 4.28. The van der Waals surface area contributed by atoms with E-state index in [2.05, 4.69) is 49.4 Å². The lowest BCUT2D eigenvalue weighted by Crippen LogP contribution is -2.08. The Hall–Kier alpha value is -2.38. The van der Waals surface area contributed by atoms with Crippen molar-refractivity contribution in [3.05, 3.63) is 43.5 Å². The van der Waals surface area contributed by atoms with Gasteiger partial charge in [0, 0.05) is 28.8 Å². The fourth-order valence-corrected chi connectivity index (χ4v) is 3.51. The molecule has 3 heterocycles. The molecule has 3 rings (SSSR count). The Morgan fingerprint density at radius 1 is 1.36 bits per heavy atom. The summed E-state index contributed by atoms with van der Waals surface area (Å²) in [5.74, 6) is 5.69. The number of fused-ring (bicyclic) bond motifs is 1. The fraction of sp³-hybridized carbons (Fsp3) is 0.263. The second kappa shape index (κ2) is 8.32. The van der Waals surface area contributed by atoms with E-state index in [0.29, 0.717) is 29.6 Å². The van der Waals surface area contributed by atoms with Gasteiger partial charge in [0.05, 0.1) is 23.2 Å². The normalized spacial score (nSPS) is 10.7. The zero-order valence-corrected chi connectivity index (χ0v) is 18.3. The van der Waals surface area contributed by atoms with Gasteiger partial charge in [-0.1, -0.05) is 23.4 Å². The van der Waals surface area contributed by atoms with Crippen LogP contribution in [-0.2, 0) is 11.3 Å². The van der Waals surface area contributed by atoms with Crippen molar-refractivity contribution in [3.8, 4) is 11.8 Å². The van der Waals surface area contributed by atoms with Crippen LogP contribution in [0.15, 0.2) is 12.4 Å². The van der Waals surface area contributed by atoms with E-state index >= 15 is 0 Å². The lowest BCUT2D eigenvalue weighted by atomic mass is 10.1. The molecule has 3 aromatic heterocycles. The molecule has 144 valence electrons. The topological polar surface area (TPSA) is 113 Å². The molecule has 0 unspecified atom stereocenters. The molecule has 0 spiro atoms. The smallest absolute Gasteiger partial charge is 0.223 e. The number of aryl methyl sites for hydroxylation is 1. The molecule has 0 aliphatic heterocycles. The number of halogens is 2. The summed E-state index contributed by atoms with van der Waals surface area (Å²) in [6.45, 7) is 4.57. The van der Waals surface area contributed by atoms with Gasteiger partial charge in [-0.15, -0.1) is 0 Å². The first kappa shape index (κ1) is 20.4. The maximum Gasteiger partial charge on any atom is 0.223 e. The van der Waals surface area contributed by atoms with E-state index < -0.39 is 0 Å². The van der Waals surface area contributed by atoms with Gasteiger partial charge in [-0.3, -0.25) is 9.78 Å². The van der Waals surface area contributed by atoms with Gasteiger partial charge in [-0.05, 0) is 47.6 Å². The zero-order chi connectivity index (χ0) is 20.4. The second-order valence-electron chi connectivity index (χ2n) is 6.34. The molecule has 0 aromatic carbocycles. The molecule has 0 aliphatic carbocycles. The van der Waals surface area contributed by atoms with E-state index in [4.69, 9.17) is 23.1 Å². The quantitative estimate of drug-likeness (QED) is 0.320. The SMILES string of the molecule is Cc1cnc(Cn2cc(C#CCCC(N)=O)c3c(Cl)nc(N)nc32)c(C)c1I. The van der Waals surface area contributed by atoms with Crippen LogP contribution < -0.4 is 11.5 Å². The minimum Gasteiger partial charge on any atom is -0.370 e. The Labute approximate surface area is 181 Å². The van der Waals surface area contributed by atoms with Crippen LogP contribution in [0.2, 0.25) is 5.15 Å². The van der Waals surface area contributed by atoms with Gasteiger partial charge < -0.3 is 16.0 Å². The number of anilines is 1. The van der Waals surface area contributed by atoms with Crippen LogP contribution in [0.25, 0.3) is 11.0 Å². The molecule has 1 amide bonds. The van der Waals surface area contributed by atoms with Crippen LogP contribution in [0.1, 0.15) is 35.2 Å². The highest BCUT2D eigenvalue weighted by atomic mass is 127. The minimum absolute atomic E-state index is 0.0910. The van der Waals surface area contributed by atoms with Gasteiger partial charge in [0.25, 0.3) is 0 Å². The van der Waals surface area contributed by atoms with Crippen molar-refractivity contribution >= 4 is 57.1 Å². The number of hydrogen-bond acceptors (Lipinski definition) is 5. The molecular formula is C19H18ClIN6O. The standard InChI is InChI=1S/C19H18ClIN6O/c1-10-7-24-13(11(2)16(10)21)9-27-8-12(5-3-4-6-14(22)28)15-17(20)25-19(23)26-18(15)27/h7-8H,4,6,9H2,1-2H3,(H2,22,28)(H2,23,25,26). The highest BCUT2D eigenvalue weighted by Gasteiger charge is 2.16. The molecule has 0 atom stereocenters. The predicted molar refractivity (Wildman–Crippen MR) is 118 cm³/mol. The highest BCUT2D eigenvalue weighted by Crippen LogP contribution is 2.28. The summed E-state index contributed by atoms with van der Waals surface area (Å²) in [5, 5.41) is 0.866. The largest absolute Gasteiger partial charge is 0.370 e. The number of primary amides is 1. The number of amides is 1. The van der Waals surface area contributed by atoms with Gasteiger partial charge in [0.1, 0.15) is 10.8 Å². The molecule has 7 nitrogen and oxygen atoms in total. The van der Waals surface area contributed by atoms with Crippen LogP contribution >= 0.6 is 34.2 Å². The van der Waals surface area contributed by atoms with Crippen LogP contribution in [0.4, 0.5) is 5.95 Å². The first-order valence-electron chi connectivity index (χ1n) is 8.47. The van der Waals surface area contributed by atoms with Crippen molar-refractivity contribution in [3.63, 3.8) is 0 Å². The molecule has 0 saturated carbocycles. The van der Waals surface area contributed by atoms with Crippen molar-refractivity contribution < 1.29 is 4.79 Å². The van der Waals surface area contributed by atoms with Crippen molar-refractivity contribution in [2.45, 2.75) is 33.2 Å². The summed E-state index contributed by atoms with van der Waals surface area (Å²) in [7, 11) is 0. The molecule has 9 heteroatoms. The van der Waals surface area contributed by atoms with Crippen LogP contribution in [0.5, 0.6) is 0 Å². The van der Waals surface area contributed by atoms with E-state index in [0.717, 1.165) is 16.8 Å².